The van der Waals surface area contributed by atoms with Crippen LogP contribution in [0.4, 0.5) is 0 Å². The van der Waals surface area contributed by atoms with Crippen LogP contribution in [0.1, 0.15) is 40.0 Å². The van der Waals surface area contributed by atoms with Crippen molar-refractivity contribution in [2.45, 2.75) is 52.1 Å². The highest BCUT2D eigenvalue weighted by atomic mass is 16.2. The second-order valence-electron chi connectivity index (χ2n) is 6.72. The second-order valence-corrected chi connectivity index (χ2v) is 6.72. The molecule has 1 saturated heterocycles. The van der Waals surface area contributed by atoms with Gasteiger partial charge in [-0.25, -0.2) is 0 Å². The standard InChI is InChI=1S/C15H29N3O/c1-11(2)17-4-6-18(7-5-17)15(19)13-8-12(3)9-14(16)10-13/h11-14H,4-10,16H2,1-3H3. The van der Waals surface area contributed by atoms with Gasteiger partial charge in [0.1, 0.15) is 0 Å². The van der Waals surface area contributed by atoms with E-state index in [0.717, 1.165) is 45.4 Å². The maximum absolute atomic E-state index is 12.6. The Morgan fingerprint density at radius 3 is 2.26 bits per heavy atom. The van der Waals surface area contributed by atoms with Gasteiger partial charge in [-0.2, -0.15) is 0 Å². The quantitative estimate of drug-likeness (QED) is 0.820. The van der Waals surface area contributed by atoms with E-state index in [4.69, 9.17) is 5.73 Å². The van der Waals surface area contributed by atoms with Crippen LogP contribution >= 0.6 is 0 Å². The molecule has 2 aliphatic rings. The van der Waals surface area contributed by atoms with Gasteiger partial charge in [-0.05, 0) is 39.0 Å². The van der Waals surface area contributed by atoms with Crippen molar-refractivity contribution in [2.24, 2.45) is 17.6 Å². The fourth-order valence-corrected chi connectivity index (χ4v) is 3.58. The van der Waals surface area contributed by atoms with Crippen molar-refractivity contribution >= 4 is 5.91 Å². The monoisotopic (exact) mass is 267 g/mol. The molecule has 1 amide bonds. The Balaban J connectivity index is 1.87. The van der Waals surface area contributed by atoms with Crippen molar-refractivity contribution < 1.29 is 4.79 Å². The third-order valence-electron chi connectivity index (χ3n) is 4.68. The molecule has 0 spiro atoms. The summed E-state index contributed by atoms with van der Waals surface area (Å²) in [6.07, 6.45) is 2.98. The van der Waals surface area contributed by atoms with E-state index in [1.54, 1.807) is 0 Å². The molecule has 0 bridgehead atoms. The predicted molar refractivity (Wildman–Crippen MR) is 77.8 cm³/mol. The van der Waals surface area contributed by atoms with E-state index in [9.17, 15) is 4.79 Å². The average Bonchev–Trinajstić information content (AvgIpc) is 2.37. The van der Waals surface area contributed by atoms with Gasteiger partial charge in [0.25, 0.3) is 0 Å². The van der Waals surface area contributed by atoms with E-state index in [0.29, 0.717) is 17.9 Å². The summed E-state index contributed by atoms with van der Waals surface area (Å²) in [5.74, 6) is 1.12. The molecule has 0 aromatic carbocycles. The van der Waals surface area contributed by atoms with Gasteiger partial charge >= 0.3 is 0 Å². The first-order valence-electron chi connectivity index (χ1n) is 7.75. The van der Waals surface area contributed by atoms with Gasteiger partial charge in [0, 0.05) is 44.2 Å². The van der Waals surface area contributed by atoms with Gasteiger partial charge in [0.05, 0.1) is 0 Å². The molecular formula is C15H29N3O. The van der Waals surface area contributed by atoms with Crippen LogP contribution in [0.5, 0.6) is 0 Å². The first-order valence-corrected chi connectivity index (χ1v) is 7.75. The van der Waals surface area contributed by atoms with Gasteiger partial charge in [-0.3, -0.25) is 9.69 Å². The van der Waals surface area contributed by atoms with Crippen LogP contribution in [0.15, 0.2) is 0 Å². The summed E-state index contributed by atoms with van der Waals surface area (Å²) in [7, 11) is 0. The normalized spacial score (nSPS) is 33.7. The minimum atomic E-state index is 0.171. The second kappa shape index (κ2) is 6.23. The maximum Gasteiger partial charge on any atom is 0.225 e. The lowest BCUT2D eigenvalue weighted by Crippen LogP contribution is -2.53. The Morgan fingerprint density at radius 1 is 1.11 bits per heavy atom. The largest absolute Gasteiger partial charge is 0.340 e. The molecule has 1 heterocycles. The Morgan fingerprint density at radius 2 is 1.74 bits per heavy atom. The topological polar surface area (TPSA) is 49.6 Å². The molecule has 2 rings (SSSR count). The van der Waals surface area contributed by atoms with Gasteiger partial charge < -0.3 is 10.6 Å². The minimum Gasteiger partial charge on any atom is -0.340 e. The lowest BCUT2D eigenvalue weighted by molar-refractivity contribution is -0.139. The van der Waals surface area contributed by atoms with Crippen molar-refractivity contribution in [3.05, 3.63) is 0 Å². The molecule has 0 radical (unpaired) electrons. The highest BCUT2D eigenvalue weighted by Crippen LogP contribution is 2.29. The van der Waals surface area contributed by atoms with E-state index in [-0.39, 0.29) is 12.0 Å². The molecule has 4 nitrogen and oxygen atoms in total. The number of amides is 1. The summed E-state index contributed by atoms with van der Waals surface area (Å²) in [4.78, 5) is 17.1. The van der Waals surface area contributed by atoms with Crippen molar-refractivity contribution in [1.29, 1.82) is 0 Å². The molecule has 0 aromatic rings. The van der Waals surface area contributed by atoms with Crippen LogP contribution < -0.4 is 5.73 Å². The zero-order chi connectivity index (χ0) is 14.0. The van der Waals surface area contributed by atoms with Gasteiger partial charge in [0.2, 0.25) is 5.91 Å². The van der Waals surface area contributed by atoms with Crippen molar-refractivity contribution in [3.8, 4) is 0 Å². The van der Waals surface area contributed by atoms with E-state index < -0.39 is 0 Å². The predicted octanol–water partition coefficient (Wildman–Crippen LogP) is 1.30. The summed E-state index contributed by atoms with van der Waals surface area (Å²) >= 11 is 0. The highest BCUT2D eigenvalue weighted by molar-refractivity contribution is 5.79. The molecule has 0 aromatic heterocycles. The van der Waals surface area contributed by atoms with Crippen LogP contribution in [0, 0.1) is 11.8 Å². The molecule has 2 N–H and O–H groups in total. The van der Waals surface area contributed by atoms with E-state index in [1.165, 1.54) is 0 Å². The summed E-state index contributed by atoms with van der Waals surface area (Å²) in [5.41, 5.74) is 6.07. The lowest BCUT2D eigenvalue weighted by Gasteiger charge is -2.40. The molecule has 19 heavy (non-hydrogen) atoms. The van der Waals surface area contributed by atoms with Gasteiger partial charge in [-0.15, -0.1) is 0 Å². The fraction of sp³-hybridized carbons (Fsp3) is 0.933. The molecular weight excluding hydrogens is 238 g/mol. The van der Waals surface area contributed by atoms with Crippen molar-refractivity contribution in [3.63, 3.8) is 0 Å². The Labute approximate surface area is 117 Å². The summed E-state index contributed by atoms with van der Waals surface area (Å²) < 4.78 is 0. The van der Waals surface area contributed by atoms with Crippen molar-refractivity contribution in [1.82, 2.24) is 9.80 Å². The first kappa shape index (κ1) is 14.8. The molecule has 1 saturated carbocycles. The van der Waals surface area contributed by atoms with Crippen LogP contribution in [0.25, 0.3) is 0 Å². The number of hydrogen-bond acceptors (Lipinski definition) is 3. The van der Waals surface area contributed by atoms with Crippen LogP contribution in [0.3, 0.4) is 0 Å². The number of carbonyl (C=O) groups is 1. The number of rotatable bonds is 2. The number of hydrogen-bond donors (Lipinski definition) is 1. The minimum absolute atomic E-state index is 0.171. The van der Waals surface area contributed by atoms with Crippen molar-refractivity contribution in [2.75, 3.05) is 26.2 Å². The summed E-state index contributed by atoms with van der Waals surface area (Å²) in [6, 6.07) is 0.801. The van der Waals surface area contributed by atoms with Crippen LogP contribution in [-0.2, 0) is 4.79 Å². The Bertz CT molecular complexity index is 301. The number of carbonyl (C=O) groups excluding carboxylic acids is 1. The molecule has 3 unspecified atom stereocenters. The van der Waals surface area contributed by atoms with E-state index >= 15 is 0 Å². The van der Waals surface area contributed by atoms with Gasteiger partial charge in [-0.1, -0.05) is 6.92 Å². The summed E-state index contributed by atoms with van der Waals surface area (Å²) in [5, 5.41) is 0. The Kier molecular flexibility index (Phi) is 4.85. The van der Waals surface area contributed by atoms with Gasteiger partial charge in [0.15, 0.2) is 0 Å². The molecule has 3 atom stereocenters. The third-order valence-corrected chi connectivity index (χ3v) is 4.68. The highest BCUT2D eigenvalue weighted by Gasteiger charge is 2.33. The number of nitrogens with zero attached hydrogens (tertiary/aromatic N) is 2. The van der Waals surface area contributed by atoms with Crippen LogP contribution in [0.2, 0.25) is 0 Å². The number of piperazine rings is 1. The smallest absolute Gasteiger partial charge is 0.225 e. The molecule has 110 valence electrons. The molecule has 1 aliphatic carbocycles. The van der Waals surface area contributed by atoms with E-state index in [1.807, 2.05) is 0 Å². The maximum atomic E-state index is 12.6. The van der Waals surface area contributed by atoms with Crippen LogP contribution in [-0.4, -0.2) is 54.0 Å². The van der Waals surface area contributed by atoms with E-state index in [2.05, 4.69) is 30.6 Å². The number of nitrogens with two attached hydrogens (primary N) is 1. The molecule has 4 heteroatoms. The SMILES string of the molecule is CC1CC(N)CC(C(=O)N2CCN(C(C)C)CC2)C1. The first-order chi connectivity index (χ1) is 8.97. The lowest BCUT2D eigenvalue weighted by atomic mass is 9.79. The Hall–Kier alpha value is -0.610. The molecule has 2 fully saturated rings. The zero-order valence-corrected chi connectivity index (χ0v) is 12.6. The molecule has 1 aliphatic heterocycles. The third kappa shape index (κ3) is 3.69. The summed E-state index contributed by atoms with van der Waals surface area (Å²) in [6.45, 7) is 10.5. The fourth-order valence-electron chi connectivity index (χ4n) is 3.58. The average molecular weight is 267 g/mol. The zero-order valence-electron chi connectivity index (χ0n) is 12.6.